The van der Waals surface area contributed by atoms with E-state index in [0.717, 1.165) is 0 Å². The van der Waals surface area contributed by atoms with Crippen molar-refractivity contribution < 1.29 is 24.8 Å². The Balaban J connectivity index is 2.79. The number of hydrogen-bond acceptors (Lipinski definition) is 5. The topological polar surface area (TPSA) is 79.2 Å². The van der Waals surface area contributed by atoms with Crippen molar-refractivity contribution in [2.45, 2.75) is 38.4 Å². The van der Waals surface area contributed by atoms with Crippen molar-refractivity contribution in [2.24, 2.45) is 11.8 Å². The monoisotopic (exact) mass is 220 g/mol. The van der Waals surface area contributed by atoms with Gasteiger partial charge in [-0.1, -0.05) is 13.8 Å². The number of methoxy groups -OCH3 is 1. The predicted octanol–water partition coefficient (Wildman–Crippen LogP) is -0.656. The molecule has 0 saturated carbocycles. The van der Waals surface area contributed by atoms with Crippen molar-refractivity contribution in [1.82, 2.24) is 0 Å². The summed E-state index contributed by atoms with van der Waals surface area (Å²) in [6, 6.07) is 0. The molecule has 15 heavy (non-hydrogen) atoms. The van der Waals surface area contributed by atoms with Gasteiger partial charge in [0.05, 0.1) is 12.7 Å². The summed E-state index contributed by atoms with van der Waals surface area (Å²) in [5.74, 6) is -0.160. The molecule has 1 fully saturated rings. The molecular weight excluding hydrogens is 200 g/mol. The highest BCUT2D eigenvalue weighted by atomic mass is 16.7. The molecule has 0 radical (unpaired) electrons. The van der Waals surface area contributed by atoms with Crippen LogP contribution in [0.5, 0.6) is 0 Å². The lowest BCUT2D eigenvalue weighted by atomic mass is 9.83. The lowest BCUT2D eigenvalue weighted by Gasteiger charge is -2.43. The van der Waals surface area contributed by atoms with Crippen molar-refractivity contribution in [1.29, 1.82) is 0 Å². The molecule has 5 nitrogen and oxygen atoms in total. The summed E-state index contributed by atoms with van der Waals surface area (Å²) in [5, 5.41) is 28.5. The molecular formula is C10H20O5. The highest BCUT2D eigenvalue weighted by molar-refractivity contribution is 4.90. The third-order valence-corrected chi connectivity index (χ3v) is 2.93. The Hall–Kier alpha value is -0.200. The standard InChI is InChI=1S/C10H20O5/c1-5(2)7-9(13)8(12)6(4-11)15-10(7)14-3/h5-13H,4H2,1-3H3. The molecule has 1 heterocycles. The molecule has 1 aliphatic heterocycles. The smallest absolute Gasteiger partial charge is 0.163 e. The molecule has 0 aromatic heterocycles. The lowest BCUT2D eigenvalue weighted by molar-refractivity contribution is -0.285. The SMILES string of the molecule is COC1OC(CO)C(O)C(O)C1C(C)C. The third kappa shape index (κ3) is 2.49. The van der Waals surface area contributed by atoms with Crippen LogP contribution in [0.3, 0.4) is 0 Å². The largest absolute Gasteiger partial charge is 0.394 e. The van der Waals surface area contributed by atoms with Crippen LogP contribution in [0, 0.1) is 11.8 Å². The maximum absolute atomic E-state index is 9.89. The van der Waals surface area contributed by atoms with Gasteiger partial charge in [0.25, 0.3) is 0 Å². The normalized spacial score (nSPS) is 42.2. The average Bonchev–Trinajstić information content (AvgIpc) is 2.20. The quantitative estimate of drug-likeness (QED) is 0.588. The van der Waals surface area contributed by atoms with Gasteiger partial charge in [-0.25, -0.2) is 0 Å². The van der Waals surface area contributed by atoms with E-state index >= 15 is 0 Å². The van der Waals surface area contributed by atoms with Crippen LogP contribution in [-0.4, -0.2) is 53.6 Å². The second kappa shape index (κ2) is 5.23. The van der Waals surface area contributed by atoms with Gasteiger partial charge in [-0.05, 0) is 5.92 Å². The Morgan fingerprint density at radius 2 is 1.87 bits per heavy atom. The first-order chi connectivity index (χ1) is 7.02. The number of hydrogen-bond donors (Lipinski definition) is 3. The Morgan fingerprint density at radius 3 is 2.27 bits per heavy atom. The number of ether oxygens (including phenoxy) is 2. The highest BCUT2D eigenvalue weighted by Crippen LogP contribution is 2.31. The Morgan fingerprint density at radius 1 is 1.27 bits per heavy atom. The average molecular weight is 220 g/mol. The summed E-state index contributed by atoms with van der Waals surface area (Å²) in [6.45, 7) is 3.52. The van der Waals surface area contributed by atoms with E-state index < -0.39 is 24.6 Å². The van der Waals surface area contributed by atoms with E-state index in [1.54, 1.807) is 0 Å². The molecule has 1 rings (SSSR count). The summed E-state index contributed by atoms with van der Waals surface area (Å²) in [7, 11) is 1.49. The zero-order valence-electron chi connectivity index (χ0n) is 9.33. The van der Waals surface area contributed by atoms with E-state index in [0.29, 0.717) is 0 Å². The van der Waals surface area contributed by atoms with Crippen molar-refractivity contribution >= 4 is 0 Å². The van der Waals surface area contributed by atoms with Crippen LogP contribution >= 0.6 is 0 Å². The van der Waals surface area contributed by atoms with Gasteiger partial charge < -0.3 is 24.8 Å². The van der Waals surface area contributed by atoms with Crippen molar-refractivity contribution in [2.75, 3.05) is 13.7 Å². The zero-order chi connectivity index (χ0) is 11.6. The fraction of sp³-hybridized carbons (Fsp3) is 1.00. The van der Waals surface area contributed by atoms with Gasteiger partial charge >= 0.3 is 0 Å². The van der Waals surface area contributed by atoms with Gasteiger partial charge in [0.2, 0.25) is 0 Å². The molecule has 0 aliphatic carbocycles. The van der Waals surface area contributed by atoms with E-state index in [1.807, 2.05) is 13.8 Å². The Kier molecular flexibility index (Phi) is 4.48. The molecule has 1 aliphatic rings. The number of rotatable bonds is 3. The molecule has 0 spiro atoms. The predicted molar refractivity (Wildman–Crippen MR) is 53.1 cm³/mol. The molecule has 3 N–H and O–H groups in total. The van der Waals surface area contributed by atoms with Crippen LogP contribution < -0.4 is 0 Å². The second-order valence-electron chi connectivity index (χ2n) is 4.26. The molecule has 0 aromatic rings. The van der Waals surface area contributed by atoms with E-state index in [1.165, 1.54) is 7.11 Å². The summed E-state index contributed by atoms with van der Waals surface area (Å²) in [6.07, 6.45) is -3.35. The summed E-state index contributed by atoms with van der Waals surface area (Å²) in [4.78, 5) is 0. The molecule has 90 valence electrons. The lowest BCUT2D eigenvalue weighted by Crippen LogP contribution is -2.57. The van der Waals surface area contributed by atoms with Crippen molar-refractivity contribution in [3.05, 3.63) is 0 Å². The highest BCUT2D eigenvalue weighted by Gasteiger charge is 2.45. The van der Waals surface area contributed by atoms with Crippen LogP contribution in [0.4, 0.5) is 0 Å². The van der Waals surface area contributed by atoms with Gasteiger partial charge in [-0.15, -0.1) is 0 Å². The first-order valence-corrected chi connectivity index (χ1v) is 5.18. The summed E-state index contributed by atoms with van der Waals surface area (Å²) >= 11 is 0. The third-order valence-electron chi connectivity index (χ3n) is 2.93. The van der Waals surface area contributed by atoms with E-state index in [9.17, 15) is 10.2 Å². The van der Waals surface area contributed by atoms with E-state index in [2.05, 4.69) is 0 Å². The van der Waals surface area contributed by atoms with Gasteiger partial charge in [-0.3, -0.25) is 0 Å². The molecule has 5 unspecified atom stereocenters. The Labute approximate surface area is 89.6 Å². The van der Waals surface area contributed by atoms with Crippen LogP contribution in [0.25, 0.3) is 0 Å². The van der Waals surface area contributed by atoms with Crippen molar-refractivity contribution in [3.63, 3.8) is 0 Å². The molecule has 5 heteroatoms. The fourth-order valence-corrected chi connectivity index (χ4v) is 2.02. The molecule has 0 amide bonds. The molecule has 5 atom stereocenters. The minimum Gasteiger partial charge on any atom is -0.394 e. The van der Waals surface area contributed by atoms with Crippen LogP contribution in [-0.2, 0) is 9.47 Å². The molecule has 0 aromatic carbocycles. The second-order valence-corrected chi connectivity index (χ2v) is 4.26. The van der Waals surface area contributed by atoms with Gasteiger partial charge in [0.1, 0.15) is 12.2 Å². The first-order valence-electron chi connectivity index (χ1n) is 5.18. The fourth-order valence-electron chi connectivity index (χ4n) is 2.02. The van der Waals surface area contributed by atoms with Crippen LogP contribution in [0.1, 0.15) is 13.8 Å². The minimum absolute atomic E-state index is 0.124. The van der Waals surface area contributed by atoms with Gasteiger partial charge in [0, 0.05) is 13.0 Å². The summed E-state index contributed by atoms with van der Waals surface area (Å²) in [5.41, 5.74) is 0. The van der Waals surface area contributed by atoms with Gasteiger partial charge in [0.15, 0.2) is 6.29 Å². The van der Waals surface area contributed by atoms with Crippen LogP contribution in [0.2, 0.25) is 0 Å². The zero-order valence-corrected chi connectivity index (χ0v) is 9.33. The van der Waals surface area contributed by atoms with E-state index in [-0.39, 0.29) is 18.4 Å². The minimum atomic E-state index is -1.06. The Bertz CT molecular complexity index is 194. The van der Waals surface area contributed by atoms with E-state index in [4.69, 9.17) is 14.6 Å². The summed E-state index contributed by atoms with van der Waals surface area (Å²) < 4.78 is 10.5. The maximum atomic E-state index is 9.89. The number of aliphatic hydroxyl groups is 3. The number of aliphatic hydroxyl groups excluding tert-OH is 3. The van der Waals surface area contributed by atoms with Crippen molar-refractivity contribution in [3.8, 4) is 0 Å². The first kappa shape index (κ1) is 12.9. The maximum Gasteiger partial charge on any atom is 0.163 e. The van der Waals surface area contributed by atoms with Crippen LogP contribution in [0.15, 0.2) is 0 Å². The molecule has 1 saturated heterocycles. The molecule has 0 bridgehead atoms. The van der Waals surface area contributed by atoms with Gasteiger partial charge in [-0.2, -0.15) is 0 Å².